The van der Waals surface area contributed by atoms with Crippen LogP contribution in [0.15, 0.2) is 79.0 Å². The van der Waals surface area contributed by atoms with Crippen LogP contribution >= 0.6 is 11.6 Å². The van der Waals surface area contributed by atoms with Gasteiger partial charge in [-0.3, -0.25) is 4.57 Å². The van der Waals surface area contributed by atoms with E-state index in [4.69, 9.17) is 16.6 Å². The number of halogens is 1. The third-order valence-corrected chi connectivity index (χ3v) is 6.55. The van der Waals surface area contributed by atoms with Crippen LogP contribution < -0.4 is 0 Å². The molecule has 0 amide bonds. The van der Waals surface area contributed by atoms with Crippen LogP contribution in [0, 0.1) is 0 Å². The third kappa shape index (κ3) is 2.21. The van der Waals surface area contributed by atoms with Gasteiger partial charge in [0, 0.05) is 33.1 Å². The van der Waals surface area contributed by atoms with Gasteiger partial charge < -0.3 is 0 Å². The standard InChI is InChI=1S/C26H19ClN2/c1-26(2)22-14-16(27)9-11-18(22)19-12-10-17(15-23(19)26)29-24-8-4-3-6-20(24)21-7-5-13-28-25(21)29/h3-15H,1-2H3. The van der Waals surface area contributed by atoms with Crippen molar-refractivity contribution in [2.24, 2.45) is 0 Å². The molecular formula is C26H19ClN2. The normalized spacial score (nSPS) is 14.3. The topological polar surface area (TPSA) is 17.8 Å². The molecule has 0 radical (unpaired) electrons. The number of hydrogen-bond acceptors (Lipinski definition) is 1. The molecule has 5 aromatic rings. The van der Waals surface area contributed by atoms with E-state index >= 15 is 0 Å². The quantitative estimate of drug-likeness (QED) is 0.295. The van der Waals surface area contributed by atoms with Crippen LogP contribution in [-0.2, 0) is 5.41 Å². The van der Waals surface area contributed by atoms with Gasteiger partial charge in [-0.15, -0.1) is 0 Å². The Morgan fingerprint density at radius 1 is 0.793 bits per heavy atom. The minimum Gasteiger partial charge on any atom is -0.294 e. The summed E-state index contributed by atoms with van der Waals surface area (Å²) in [4.78, 5) is 4.72. The maximum absolute atomic E-state index is 6.32. The van der Waals surface area contributed by atoms with Gasteiger partial charge in [0.25, 0.3) is 0 Å². The highest BCUT2D eigenvalue weighted by Crippen LogP contribution is 2.50. The average Bonchev–Trinajstić information content (AvgIpc) is 3.18. The molecule has 3 aromatic carbocycles. The summed E-state index contributed by atoms with van der Waals surface area (Å²) in [7, 11) is 0. The summed E-state index contributed by atoms with van der Waals surface area (Å²) < 4.78 is 2.27. The molecule has 0 atom stereocenters. The first-order chi connectivity index (χ1) is 14.1. The summed E-state index contributed by atoms with van der Waals surface area (Å²) in [5, 5.41) is 3.19. The average molecular weight is 395 g/mol. The van der Waals surface area contributed by atoms with Gasteiger partial charge in [0.05, 0.1) is 5.52 Å². The summed E-state index contributed by atoms with van der Waals surface area (Å²) in [6.07, 6.45) is 1.87. The molecule has 140 valence electrons. The van der Waals surface area contributed by atoms with Gasteiger partial charge in [-0.2, -0.15) is 0 Å². The Bertz CT molecular complexity index is 1390. The second-order valence-electron chi connectivity index (χ2n) is 8.27. The Hall–Kier alpha value is -3.10. The number of rotatable bonds is 1. The van der Waals surface area contributed by atoms with Crippen LogP contribution in [-0.4, -0.2) is 9.55 Å². The number of aromatic nitrogens is 2. The minimum absolute atomic E-state index is 0.0994. The Kier molecular flexibility index (Phi) is 3.31. The van der Waals surface area contributed by atoms with Gasteiger partial charge >= 0.3 is 0 Å². The highest BCUT2D eigenvalue weighted by molar-refractivity contribution is 6.30. The molecular weight excluding hydrogens is 376 g/mol. The van der Waals surface area contributed by atoms with Gasteiger partial charge in [0.2, 0.25) is 0 Å². The van der Waals surface area contributed by atoms with Crippen molar-refractivity contribution in [2.45, 2.75) is 19.3 Å². The molecule has 0 N–H and O–H groups in total. The molecule has 1 aliphatic carbocycles. The number of para-hydroxylation sites is 1. The fraction of sp³-hybridized carbons (Fsp3) is 0.115. The van der Waals surface area contributed by atoms with E-state index in [2.05, 4.69) is 79.1 Å². The van der Waals surface area contributed by atoms with E-state index in [1.54, 1.807) is 0 Å². The number of nitrogens with zero attached hydrogens (tertiary/aromatic N) is 2. The lowest BCUT2D eigenvalue weighted by Crippen LogP contribution is -2.15. The maximum atomic E-state index is 6.32. The van der Waals surface area contributed by atoms with Crippen molar-refractivity contribution in [3.63, 3.8) is 0 Å². The first-order valence-electron chi connectivity index (χ1n) is 9.85. The van der Waals surface area contributed by atoms with Crippen LogP contribution in [0.4, 0.5) is 0 Å². The molecule has 3 heteroatoms. The summed E-state index contributed by atoms with van der Waals surface area (Å²) in [6, 6.07) is 25.7. The molecule has 2 nitrogen and oxygen atoms in total. The van der Waals surface area contributed by atoms with Crippen LogP contribution in [0.1, 0.15) is 25.0 Å². The molecule has 2 heterocycles. The number of pyridine rings is 1. The summed E-state index contributed by atoms with van der Waals surface area (Å²) in [5.41, 5.74) is 8.40. The van der Waals surface area contributed by atoms with Crippen molar-refractivity contribution in [1.82, 2.24) is 9.55 Å². The highest BCUT2D eigenvalue weighted by Gasteiger charge is 2.35. The van der Waals surface area contributed by atoms with Crippen LogP contribution in [0.5, 0.6) is 0 Å². The lowest BCUT2D eigenvalue weighted by atomic mass is 9.82. The Balaban J connectivity index is 1.66. The van der Waals surface area contributed by atoms with Crippen molar-refractivity contribution < 1.29 is 0 Å². The van der Waals surface area contributed by atoms with Gasteiger partial charge in [-0.05, 0) is 64.7 Å². The molecule has 0 aliphatic heterocycles. The molecule has 0 bridgehead atoms. The second kappa shape index (κ2) is 5.71. The van der Waals surface area contributed by atoms with E-state index in [1.807, 2.05) is 18.3 Å². The van der Waals surface area contributed by atoms with Crippen molar-refractivity contribution in [1.29, 1.82) is 0 Å². The molecule has 0 saturated heterocycles. The van der Waals surface area contributed by atoms with E-state index in [0.29, 0.717) is 0 Å². The van der Waals surface area contributed by atoms with Gasteiger partial charge in [-0.1, -0.05) is 55.8 Å². The number of benzene rings is 3. The third-order valence-electron chi connectivity index (χ3n) is 6.31. The van der Waals surface area contributed by atoms with E-state index in [-0.39, 0.29) is 5.41 Å². The SMILES string of the molecule is CC1(C)c2cc(Cl)ccc2-c2ccc(-n3c4ccccc4c4cccnc43)cc21. The van der Waals surface area contributed by atoms with Gasteiger partial charge in [0.15, 0.2) is 0 Å². The minimum atomic E-state index is -0.0994. The molecule has 0 spiro atoms. The zero-order valence-corrected chi connectivity index (χ0v) is 17.0. The molecule has 29 heavy (non-hydrogen) atoms. The van der Waals surface area contributed by atoms with E-state index in [0.717, 1.165) is 16.4 Å². The maximum Gasteiger partial charge on any atom is 0.145 e. The van der Waals surface area contributed by atoms with Gasteiger partial charge in [-0.25, -0.2) is 4.98 Å². The Labute approximate surface area is 174 Å². The predicted octanol–water partition coefficient (Wildman–Crippen LogP) is 7.14. The molecule has 6 rings (SSSR count). The first kappa shape index (κ1) is 16.8. The van der Waals surface area contributed by atoms with E-state index < -0.39 is 0 Å². The van der Waals surface area contributed by atoms with Crippen molar-refractivity contribution in [3.8, 4) is 16.8 Å². The Morgan fingerprint density at radius 3 is 2.38 bits per heavy atom. The molecule has 0 fully saturated rings. The van der Waals surface area contributed by atoms with Crippen molar-refractivity contribution >= 4 is 33.5 Å². The molecule has 0 saturated carbocycles. The highest BCUT2D eigenvalue weighted by atomic mass is 35.5. The van der Waals surface area contributed by atoms with E-state index in [9.17, 15) is 0 Å². The molecule has 1 aliphatic rings. The lowest BCUT2D eigenvalue weighted by molar-refractivity contribution is 0.660. The van der Waals surface area contributed by atoms with Crippen LogP contribution in [0.2, 0.25) is 5.02 Å². The number of hydrogen-bond donors (Lipinski definition) is 0. The fourth-order valence-corrected chi connectivity index (χ4v) is 5.07. The first-order valence-corrected chi connectivity index (χ1v) is 10.2. The fourth-order valence-electron chi connectivity index (χ4n) is 4.89. The smallest absolute Gasteiger partial charge is 0.145 e. The zero-order chi connectivity index (χ0) is 19.8. The van der Waals surface area contributed by atoms with Crippen molar-refractivity contribution in [3.05, 3.63) is 95.1 Å². The van der Waals surface area contributed by atoms with Crippen LogP contribution in [0.3, 0.4) is 0 Å². The second-order valence-corrected chi connectivity index (χ2v) is 8.71. The van der Waals surface area contributed by atoms with E-state index in [1.165, 1.54) is 38.5 Å². The molecule has 2 aromatic heterocycles. The van der Waals surface area contributed by atoms with Crippen LogP contribution in [0.25, 0.3) is 38.8 Å². The van der Waals surface area contributed by atoms with Gasteiger partial charge in [0.1, 0.15) is 5.65 Å². The Morgan fingerprint density at radius 2 is 1.52 bits per heavy atom. The lowest BCUT2D eigenvalue weighted by Gasteiger charge is -2.22. The molecule has 0 unspecified atom stereocenters. The summed E-state index contributed by atoms with van der Waals surface area (Å²) in [6.45, 7) is 4.56. The predicted molar refractivity (Wildman–Crippen MR) is 121 cm³/mol. The van der Waals surface area contributed by atoms with Crippen molar-refractivity contribution in [2.75, 3.05) is 0 Å². The zero-order valence-electron chi connectivity index (χ0n) is 16.3. The summed E-state index contributed by atoms with van der Waals surface area (Å²) in [5.74, 6) is 0. The largest absolute Gasteiger partial charge is 0.294 e. The monoisotopic (exact) mass is 394 g/mol. The number of fused-ring (bicyclic) bond motifs is 6. The summed E-state index contributed by atoms with van der Waals surface area (Å²) >= 11 is 6.32.